The van der Waals surface area contributed by atoms with Crippen LogP contribution in [0.1, 0.15) is 43.2 Å². The molecule has 2 aliphatic rings. The lowest BCUT2D eigenvalue weighted by atomic mass is 10.1. The normalized spacial score (nSPS) is 18.2. The first kappa shape index (κ1) is 21.6. The third-order valence-corrected chi connectivity index (χ3v) is 6.95. The van der Waals surface area contributed by atoms with Crippen molar-refractivity contribution in [3.05, 3.63) is 64.5 Å². The predicted octanol–water partition coefficient (Wildman–Crippen LogP) is 5.00. The van der Waals surface area contributed by atoms with Gasteiger partial charge in [0.15, 0.2) is 6.10 Å². The summed E-state index contributed by atoms with van der Waals surface area (Å²) in [6.07, 6.45) is 4.04. The smallest absolute Gasteiger partial charge is 0.326 e. The topological polar surface area (TPSA) is 68.7 Å². The Morgan fingerprint density at radius 1 is 1.18 bits per heavy atom. The highest BCUT2D eigenvalue weighted by molar-refractivity contribution is 7.10. The summed E-state index contributed by atoms with van der Waals surface area (Å²) in [7, 11) is 0. The fraction of sp³-hybridized carbons (Fsp3) is 0.346. The van der Waals surface area contributed by atoms with E-state index in [2.05, 4.69) is 12.1 Å². The molecule has 6 nitrogen and oxygen atoms in total. The van der Waals surface area contributed by atoms with Gasteiger partial charge in [0.1, 0.15) is 18.4 Å². The number of esters is 1. The first-order chi connectivity index (χ1) is 16.1. The summed E-state index contributed by atoms with van der Waals surface area (Å²) < 4.78 is 11.4. The number of rotatable bonds is 6. The van der Waals surface area contributed by atoms with Crippen molar-refractivity contribution in [2.45, 2.75) is 51.2 Å². The van der Waals surface area contributed by atoms with Gasteiger partial charge in [-0.3, -0.25) is 14.5 Å². The number of aromatic nitrogens is 1. The van der Waals surface area contributed by atoms with Gasteiger partial charge in [-0.1, -0.05) is 30.3 Å². The van der Waals surface area contributed by atoms with Crippen LogP contribution in [0.3, 0.4) is 0 Å². The minimum atomic E-state index is -0.653. The molecule has 0 spiro atoms. The highest BCUT2D eigenvalue weighted by atomic mass is 32.1. The lowest BCUT2D eigenvalue weighted by Gasteiger charge is -2.32. The maximum absolute atomic E-state index is 12.9. The molecule has 5 rings (SSSR count). The van der Waals surface area contributed by atoms with E-state index >= 15 is 0 Å². The van der Waals surface area contributed by atoms with E-state index in [1.54, 1.807) is 18.3 Å². The minimum absolute atomic E-state index is 0.0325. The van der Waals surface area contributed by atoms with Crippen molar-refractivity contribution in [2.75, 3.05) is 11.4 Å². The molecule has 1 atom stereocenters. The van der Waals surface area contributed by atoms with Crippen molar-refractivity contribution in [2.24, 2.45) is 0 Å². The number of hydrogen-bond donors (Lipinski definition) is 0. The van der Waals surface area contributed by atoms with Crippen molar-refractivity contribution in [3.8, 4) is 17.0 Å². The number of fused-ring (bicyclic) bond motifs is 1. The van der Waals surface area contributed by atoms with Gasteiger partial charge in [0, 0.05) is 17.4 Å². The lowest BCUT2D eigenvalue weighted by molar-refractivity contribution is -0.148. The van der Waals surface area contributed by atoms with Crippen molar-refractivity contribution < 1.29 is 19.1 Å². The molecule has 1 aliphatic heterocycles. The Morgan fingerprint density at radius 3 is 2.76 bits per heavy atom. The number of anilines is 1. The first-order valence-corrected chi connectivity index (χ1v) is 12.2. The number of nitrogens with zero attached hydrogens (tertiary/aromatic N) is 2. The van der Waals surface area contributed by atoms with Crippen LogP contribution in [0.15, 0.2) is 53.9 Å². The highest BCUT2D eigenvalue weighted by Gasteiger charge is 2.34. The maximum atomic E-state index is 12.9. The Bertz CT molecular complexity index is 1150. The van der Waals surface area contributed by atoms with Crippen LogP contribution < -0.4 is 9.64 Å². The summed E-state index contributed by atoms with van der Waals surface area (Å²) in [6, 6.07) is 15.9. The Hall–Kier alpha value is -3.19. The molecule has 1 aromatic heterocycles. The molecule has 0 bridgehead atoms. The molecule has 1 amide bonds. The Kier molecular flexibility index (Phi) is 6.13. The Morgan fingerprint density at radius 2 is 1.97 bits per heavy atom. The van der Waals surface area contributed by atoms with Crippen molar-refractivity contribution in [1.82, 2.24) is 4.98 Å². The summed E-state index contributed by atoms with van der Waals surface area (Å²) in [5.74, 6) is -0.0372. The van der Waals surface area contributed by atoms with E-state index in [0.29, 0.717) is 11.4 Å². The molecule has 1 fully saturated rings. The third kappa shape index (κ3) is 4.78. The fourth-order valence-electron chi connectivity index (χ4n) is 4.38. The van der Waals surface area contributed by atoms with Crippen LogP contribution in [-0.4, -0.2) is 35.6 Å². The zero-order valence-corrected chi connectivity index (χ0v) is 19.3. The molecule has 7 heteroatoms. The van der Waals surface area contributed by atoms with Gasteiger partial charge < -0.3 is 9.47 Å². The first-order valence-electron chi connectivity index (χ1n) is 11.4. The van der Waals surface area contributed by atoms with Gasteiger partial charge in [0.25, 0.3) is 5.91 Å². The second-order valence-corrected chi connectivity index (χ2v) is 9.49. The molecule has 1 aliphatic carbocycles. The largest absolute Gasteiger partial charge is 0.479 e. The van der Waals surface area contributed by atoms with E-state index in [4.69, 9.17) is 14.5 Å². The van der Waals surface area contributed by atoms with Gasteiger partial charge in [-0.25, -0.2) is 4.98 Å². The summed E-state index contributed by atoms with van der Waals surface area (Å²) >= 11 is 1.61. The molecule has 3 aromatic rings. The summed E-state index contributed by atoms with van der Waals surface area (Å²) in [4.78, 5) is 31.8. The number of benzene rings is 2. The van der Waals surface area contributed by atoms with Crippen LogP contribution in [0.4, 0.5) is 5.69 Å². The molecule has 0 radical (unpaired) electrons. The van der Waals surface area contributed by atoms with E-state index in [-0.39, 0.29) is 24.5 Å². The molecule has 2 aromatic carbocycles. The highest BCUT2D eigenvalue weighted by Crippen LogP contribution is 2.38. The van der Waals surface area contributed by atoms with Crippen LogP contribution in [0.2, 0.25) is 0 Å². The number of carbonyl (C=O) groups is 2. The summed E-state index contributed by atoms with van der Waals surface area (Å²) in [5, 5.41) is 3.04. The third-order valence-electron chi connectivity index (χ3n) is 6.10. The van der Waals surface area contributed by atoms with Crippen molar-refractivity contribution >= 4 is 28.9 Å². The zero-order chi connectivity index (χ0) is 22.8. The molecule has 2 heterocycles. The van der Waals surface area contributed by atoms with Gasteiger partial charge in [-0.15, -0.1) is 11.3 Å². The maximum Gasteiger partial charge on any atom is 0.326 e. The molecule has 0 saturated heterocycles. The van der Waals surface area contributed by atoms with Crippen LogP contribution in [-0.2, 0) is 20.7 Å². The monoisotopic (exact) mass is 462 g/mol. The average molecular weight is 463 g/mol. The fourth-order valence-corrected chi connectivity index (χ4v) is 5.22. The van der Waals surface area contributed by atoms with E-state index in [0.717, 1.165) is 48.4 Å². The predicted molar refractivity (Wildman–Crippen MR) is 128 cm³/mol. The minimum Gasteiger partial charge on any atom is -0.479 e. The summed E-state index contributed by atoms with van der Waals surface area (Å²) in [5.41, 5.74) is 3.51. The zero-order valence-electron chi connectivity index (χ0n) is 18.5. The van der Waals surface area contributed by atoms with Crippen LogP contribution in [0, 0.1) is 0 Å². The number of ether oxygens (including phenoxy) is 2. The van der Waals surface area contributed by atoms with Gasteiger partial charge in [-0.05, 0) is 56.4 Å². The number of hydrogen-bond acceptors (Lipinski definition) is 6. The standard InChI is InChI=1S/C26H26N2O4S/c1-17-26(30)28(15-25(29)32-20-9-5-6-10-20)22-14-19(11-12-23(22)31-17)21-16-33-24(27-21)13-18-7-3-2-4-8-18/h2-4,7-8,11-12,14,16-17,20H,5-6,9-10,13,15H2,1H3. The van der Waals surface area contributed by atoms with Gasteiger partial charge in [0.2, 0.25) is 0 Å². The van der Waals surface area contributed by atoms with E-state index < -0.39 is 6.10 Å². The number of thiazole rings is 1. The molecular formula is C26H26N2O4S. The Labute approximate surface area is 197 Å². The van der Waals surface area contributed by atoms with Gasteiger partial charge >= 0.3 is 5.97 Å². The number of carbonyl (C=O) groups excluding carboxylic acids is 2. The van der Waals surface area contributed by atoms with Crippen molar-refractivity contribution in [1.29, 1.82) is 0 Å². The molecule has 1 saturated carbocycles. The van der Waals surface area contributed by atoms with Crippen LogP contribution in [0.5, 0.6) is 5.75 Å². The van der Waals surface area contributed by atoms with Crippen molar-refractivity contribution in [3.63, 3.8) is 0 Å². The van der Waals surface area contributed by atoms with Crippen LogP contribution in [0.25, 0.3) is 11.3 Å². The van der Waals surface area contributed by atoms with Gasteiger partial charge in [-0.2, -0.15) is 0 Å². The molecule has 0 N–H and O–H groups in total. The van der Waals surface area contributed by atoms with E-state index in [9.17, 15) is 9.59 Å². The van der Waals surface area contributed by atoms with Crippen LogP contribution >= 0.6 is 11.3 Å². The SMILES string of the molecule is CC1Oc2ccc(-c3csc(Cc4ccccc4)n3)cc2N(CC(=O)OC2CCCC2)C1=O. The molecule has 170 valence electrons. The number of amides is 1. The average Bonchev–Trinajstić information content (AvgIpc) is 3.50. The second kappa shape index (κ2) is 9.35. The lowest BCUT2D eigenvalue weighted by Crippen LogP contribution is -2.47. The Balaban J connectivity index is 1.38. The molecule has 33 heavy (non-hydrogen) atoms. The van der Waals surface area contributed by atoms with Gasteiger partial charge in [0.05, 0.1) is 16.4 Å². The molecular weight excluding hydrogens is 436 g/mol. The van der Waals surface area contributed by atoms with E-state index in [1.165, 1.54) is 10.5 Å². The quantitative estimate of drug-likeness (QED) is 0.482. The molecule has 1 unspecified atom stereocenters. The van der Waals surface area contributed by atoms with E-state index in [1.807, 2.05) is 41.8 Å². The second-order valence-electron chi connectivity index (χ2n) is 8.55. The summed E-state index contributed by atoms with van der Waals surface area (Å²) in [6.45, 7) is 1.58.